The number of aromatic carboxylic acids is 1. The Morgan fingerprint density at radius 2 is 2.16 bits per heavy atom. The van der Waals surface area contributed by atoms with Crippen LogP contribution in [0.25, 0.3) is 0 Å². The molecule has 19 heavy (non-hydrogen) atoms. The second kappa shape index (κ2) is 5.36. The molecule has 0 atom stereocenters. The van der Waals surface area contributed by atoms with Crippen molar-refractivity contribution in [2.45, 2.75) is 16.8 Å². The molecule has 0 bridgehead atoms. The van der Waals surface area contributed by atoms with E-state index in [4.69, 9.17) is 4.74 Å². The second-order valence-electron chi connectivity index (χ2n) is 4.02. The third kappa shape index (κ3) is 2.90. The van der Waals surface area contributed by atoms with Gasteiger partial charge in [0.2, 0.25) is 0 Å². The van der Waals surface area contributed by atoms with E-state index in [1.54, 1.807) is 30.0 Å². The van der Waals surface area contributed by atoms with Crippen LogP contribution in [0.2, 0.25) is 0 Å². The van der Waals surface area contributed by atoms with Crippen molar-refractivity contribution < 1.29 is 14.6 Å². The molecule has 6 heteroatoms. The van der Waals surface area contributed by atoms with E-state index in [1.807, 2.05) is 20.0 Å². The fourth-order valence-corrected chi connectivity index (χ4v) is 2.75. The van der Waals surface area contributed by atoms with Crippen LogP contribution in [0.5, 0.6) is 5.75 Å². The standard InChI is InChI=1S/C13H14N2O3S/c1-8-6-12(15(2)14-8)19-11-7-9(18-3)4-5-10(11)13(16)17/h4-7H,1-3H3,(H,16,17). The molecule has 2 aromatic rings. The smallest absolute Gasteiger partial charge is 0.336 e. The molecule has 100 valence electrons. The van der Waals surface area contributed by atoms with Crippen molar-refractivity contribution in [1.82, 2.24) is 9.78 Å². The molecule has 0 aliphatic rings. The minimum atomic E-state index is -0.955. The number of nitrogens with zero attached hydrogens (tertiary/aromatic N) is 2. The van der Waals surface area contributed by atoms with Crippen molar-refractivity contribution in [2.24, 2.45) is 7.05 Å². The Morgan fingerprint density at radius 1 is 1.42 bits per heavy atom. The van der Waals surface area contributed by atoms with Gasteiger partial charge >= 0.3 is 5.97 Å². The molecular weight excluding hydrogens is 264 g/mol. The number of hydrogen-bond donors (Lipinski definition) is 1. The van der Waals surface area contributed by atoms with Crippen molar-refractivity contribution >= 4 is 17.7 Å². The van der Waals surface area contributed by atoms with Crippen LogP contribution in [-0.4, -0.2) is 28.0 Å². The fourth-order valence-electron chi connectivity index (χ4n) is 1.69. The molecule has 0 amide bonds. The van der Waals surface area contributed by atoms with Gasteiger partial charge in [-0.2, -0.15) is 5.10 Å². The maximum Gasteiger partial charge on any atom is 0.336 e. The summed E-state index contributed by atoms with van der Waals surface area (Å²) in [5, 5.41) is 14.3. The number of hydrogen-bond acceptors (Lipinski definition) is 4. The molecule has 0 aliphatic carbocycles. The van der Waals surface area contributed by atoms with Crippen molar-refractivity contribution in [3.8, 4) is 5.75 Å². The molecule has 0 unspecified atom stereocenters. The van der Waals surface area contributed by atoms with Crippen LogP contribution in [-0.2, 0) is 7.05 Å². The number of carboxylic acids is 1. The molecule has 5 nitrogen and oxygen atoms in total. The van der Waals surface area contributed by atoms with Crippen LogP contribution in [0.1, 0.15) is 16.1 Å². The van der Waals surface area contributed by atoms with E-state index in [2.05, 4.69) is 5.10 Å². The molecule has 0 saturated carbocycles. The zero-order valence-electron chi connectivity index (χ0n) is 10.9. The van der Waals surface area contributed by atoms with E-state index in [1.165, 1.54) is 11.8 Å². The van der Waals surface area contributed by atoms with Crippen molar-refractivity contribution in [1.29, 1.82) is 0 Å². The predicted octanol–water partition coefficient (Wildman–Crippen LogP) is 2.59. The minimum Gasteiger partial charge on any atom is -0.497 e. The molecule has 1 aromatic carbocycles. The number of carbonyl (C=O) groups is 1. The normalized spacial score (nSPS) is 10.5. The van der Waals surface area contributed by atoms with Crippen molar-refractivity contribution in [2.75, 3.05) is 7.11 Å². The molecule has 0 radical (unpaired) electrons. The highest BCUT2D eigenvalue weighted by Gasteiger charge is 2.14. The lowest BCUT2D eigenvalue weighted by Crippen LogP contribution is -2.00. The van der Waals surface area contributed by atoms with Gasteiger partial charge in [0.05, 0.1) is 23.4 Å². The Balaban J connectivity index is 2.42. The highest BCUT2D eigenvalue weighted by Crippen LogP contribution is 2.33. The molecule has 0 fully saturated rings. The summed E-state index contributed by atoms with van der Waals surface area (Å²) in [6, 6.07) is 6.82. The maximum absolute atomic E-state index is 11.2. The SMILES string of the molecule is COc1ccc(C(=O)O)c(Sc2cc(C)nn2C)c1. The summed E-state index contributed by atoms with van der Waals surface area (Å²) in [6.07, 6.45) is 0. The first-order chi connectivity index (χ1) is 9.01. The predicted molar refractivity (Wildman–Crippen MR) is 72.0 cm³/mol. The fraction of sp³-hybridized carbons (Fsp3) is 0.231. The number of benzene rings is 1. The number of aromatic nitrogens is 2. The average molecular weight is 278 g/mol. The number of aryl methyl sites for hydroxylation is 2. The van der Waals surface area contributed by atoms with Gasteiger partial charge in [-0.15, -0.1) is 0 Å². The van der Waals surface area contributed by atoms with Gasteiger partial charge in [0.1, 0.15) is 5.75 Å². The van der Waals surface area contributed by atoms with Gasteiger partial charge in [-0.3, -0.25) is 4.68 Å². The summed E-state index contributed by atoms with van der Waals surface area (Å²) < 4.78 is 6.86. The average Bonchev–Trinajstić information content (AvgIpc) is 2.67. The highest BCUT2D eigenvalue weighted by molar-refractivity contribution is 7.99. The largest absolute Gasteiger partial charge is 0.497 e. The van der Waals surface area contributed by atoms with Gasteiger partial charge in [0.25, 0.3) is 0 Å². The van der Waals surface area contributed by atoms with Crippen molar-refractivity contribution in [3.05, 3.63) is 35.5 Å². The lowest BCUT2D eigenvalue weighted by Gasteiger charge is -2.08. The Hall–Kier alpha value is -1.95. The van der Waals surface area contributed by atoms with E-state index < -0.39 is 5.97 Å². The molecular formula is C13H14N2O3S. The van der Waals surface area contributed by atoms with Crippen molar-refractivity contribution in [3.63, 3.8) is 0 Å². The number of carboxylic acid groups (broad SMARTS) is 1. The molecule has 2 rings (SSSR count). The number of ether oxygens (including phenoxy) is 1. The van der Waals surface area contributed by atoms with E-state index in [-0.39, 0.29) is 5.56 Å². The van der Waals surface area contributed by atoms with E-state index >= 15 is 0 Å². The van der Waals surface area contributed by atoms with Gasteiger partial charge < -0.3 is 9.84 Å². The maximum atomic E-state index is 11.2. The molecule has 1 heterocycles. The van der Waals surface area contributed by atoms with Crippen LogP contribution >= 0.6 is 11.8 Å². The molecule has 0 saturated heterocycles. The quantitative estimate of drug-likeness (QED) is 0.931. The Bertz CT molecular complexity index is 622. The van der Waals surface area contributed by atoms with Crippen LogP contribution < -0.4 is 4.74 Å². The van der Waals surface area contributed by atoms with Gasteiger partial charge in [-0.25, -0.2) is 4.79 Å². The monoisotopic (exact) mass is 278 g/mol. The Labute approximate surface area is 115 Å². The Morgan fingerprint density at radius 3 is 2.68 bits per heavy atom. The van der Waals surface area contributed by atoms with Crippen LogP contribution in [0.15, 0.2) is 34.2 Å². The summed E-state index contributed by atoms with van der Waals surface area (Å²) in [7, 11) is 3.38. The zero-order chi connectivity index (χ0) is 14.0. The van der Waals surface area contributed by atoms with Gasteiger partial charge in [0.15, 0.2) is 0 Å². The first-order valence-electron chi connectivity index (χ1n) is 5.61. The lowest BCUT2D eigenvalue weighted by molar-refractivity contribution is 0.0693. The highest BCUT2D eigenvalue weighted by atomic mass is 32.2. The van der Waals surface area contributed by atoms with E-state index in [0.29, 0.717) is 10.6 Å². The van der Waals surface area contributed by atoms with E-state index in [9.17, 15) is 9.90 Å². The summed E-state index contributed by atoms with van der Waals surface area (Å²) in [5.74, 6) is -0.324. The summed E-state index contributed by atoms with van der Waals surface area (Å²) in [4.78, 5) is 11.9. The van der Waals surface area contributed by atoms with Crippen LogP contribution in [0.4, 0.5) is 0 Å². The second-order valence-corrected chi connectivity index (χ2v) is 5.08. The molecule has 0 spiro atoms. The molecule has 0 aliphatic heterocycles. The lowest BCUT2D eigenvalue weighted by atomic mass is 10.2. The van der Waals surface area contributed by atoms with Crippen LogP contribution in [0.3, 0.4) is 0 Å². The zero-order valence-corrected chi connectivity index (χ0v) is 11.7. The number of methoxy groups -OCH3 is 1. The summed E-state index contributed by atoms with van der Waals surface area (Å²) in [6.45, 7) is 1.90. The van der Waals surface area contributed by atoms with Gasteiger partial charge in [-0.05, 0) is 31.2 Å². The summed E-state index contributed by atoms with van der Waals surface area (Å²) >= 11 is 1.36. The number of rotatable bonds is 4. The van der Waals surface area contributed by atoms with Gasteiger partial charge in [0, 0.05) is 11.9 Å². The van der Waals surface area contributed by atoms with E-state index in [0.717, 1.165) is 10.7 Å². The summed E-state index contributed by atoms with van der Waals surface area (Å²) in [5.41, 5.74) is 1.15. The Kier molecular flexibility index (Phi) is 3.80. The first kappa shape index (κ1) is 13.5. The molecule has 1 aromatic heterocycles. The third-order valence-electron chi connectivity index (χ3n) is 2.59. The third-order valence-corrected chi connectivity index (χ3v) is 3.74. The topological polar surface area (TPSA) is 64.3 Å². The minimum absolute atomic E-state index is 0.254. The van der Waals surface area contributed by atoms with Crippen LogP contribution in [0, 0.1) is 6.92 Å². The first-order valence-corrected chi connectivity index (χ1v) is 6.42. The van der Waals surface area contributed by atoms with Gasteiger partial charge in [-0.1, -0.05) is 11.8 Å². The molecule has 1 N–H and O–H groups in total.